The van der Waals surface area contributed by atoms with Gasteiger partial charge in [0.05, 0.1) is 11.8 Å². The van der Waals surface area contributed by atoms with Crippen LogP contribution in [0.2, 0.25) is 0 Å². The van der Waals surface area contributed by atoms with E-state index in [-0.39, 0.29) is 5.91 Å². The lowest BCUT2D eigenvalue weighted by atomic mass is 10.3. The third-order valence-corrected chi connectivity index (χ3v) is 1.52. The van der Waals surface area contributed by atoms with E-state index < -0.39 is 0 Å². The summed E-state index contributed by atoms with van der Waals surface area (Å²) in [6.45, 7) is 6.06. The molecule has 0 saturated heterocycles. The van der Waals surface area contributed by atoms with Gasteiger partial charge in [-0.05, 0) is 6.92 Å². The zero-order valence-electron chi connectivity index (χ0n) is 7.87. The molecule has 0 aliphatic rings. The Bertz CT molecular complexity index is 327. The van der Waals surface area contributed by atoms with E-state index in [2.05, 4.69) is 17.0 Å². The summed E-state index contributed by atoms with van der Waals surface area (Å²) in [7, 11) is 1.77. The van der Waals surface area contributed by atoms with Gasteiger partial charge in [-0.25, -0.2) is 0 Å². The van der Waals surface area contributed by atoms with Crippen LogP contribution in [0.1, 0.15) is 17.3 Å². The van der Waals surface area contributed by atoms with Gasteiger partial charge in [0.25, 0.3) is 5.91 Å². The van der Waals surface area contributed by atoms with Crippen molar-refractivity contribution in [2.75, 3.05) is 6.54 Å². The van der Waals surface area contributed by atoms with E-state index in [0.717, 1.165) is 5.57 Å². The highest BCUT2D eigenvalue weighted by Crippen LogP contribution is 1.95. The SMILES string of the molecule is C=C(C)CNC(=O)c1cnn(C)c1. The predicted molar refractivity (Wildman–Crippen MR) is 50.4 cm³/mol. The quantitative estimate of drug-likeness (QED) is 0.695. The highest BCUT2D eigenvalue weighted by atomic mass is 16.1. The zero-order chi connectivity index (χ0) is 9.84. The van der Waals surface area contributed by atoms with Crippen LogP contribution in [0.4, 0.5) is 0 Å². The first kappa shape index (κ1) is 9.51. The summed E-state index contributed by atoms with van der Waals surface area (Å²) >= 11 is 0. The van der Waals surface area contributed by atoms with Crippen molar-refractivity contribution in [3.8, 4) is 0 Å². The number of carbonyl (C=O) groups is 1. The summed E-state index contributed by atoms with van der Waals surface area (Å²) in [4.78, 5) is 11.4. The van der Waals surface area contributed by atoms with E-state index in [1.807, 2.05) is 6.92 Å². The Labute approximate surface area is 77.3 Å². The number of aryl methyl sites for hydroxylation is 1. The highest BCUT2D eigenvalue weighted by molar-refractivity contribution is 5.93. The number of hydrogen-bond acceptors (Lipinski definition) is 2. The zero-order valence-corrected chi connectivity index (χ0v) is 7.87. The minimum Gasteiger partial charge on any atom is -0.348 e. The maximum Gasteiger partial charge on any atom is 0.254 e. The third-order valence-electron chi connectivity index (χ3n) is 1.52. The van der Waals surface area contributed by atoms with Crippen molar-refractivity contribution in [2.24, 2.45) is 7.05 Å². The molecule has 1 N–H and O–H groups in total. The van der Waals surface area contributed by atoms with Crippen molar-refractivity contribution in [1.29, 1.82) is 0 Å². The number of amides is 1. The summed E-state index contributed by atoms with van der Waals surface area (Å²) < 4.78 is 1.59. The second-order valence-corrected chi connectivity index (χ2v) is 3.04. The first-order valence-electron chi connectivity index (χ1n) is 4.01. The molecular weight excluding hydrogens is 166 g/mol. The van der Waals surface area contributed by atoms with Gasteiger partial charge in [-0.3, -0.25) is 9.48 Å². The van der Waals surface area contributed by atoms with Gasteiger partial charge in [0.15, 0.2) is 0 Å². The molecule has 0 saturated carbocycles. The average Bonchev–Trinajstić information content (AvgIpc) is 2.47. The van der Waals surface area contributed by atoms with Crippen LogP contribution >= 0.6 is 0 Å². The molecule has 1 heterocycles. The van der Waals surface area contributed by atoms with Crippen molar-refractivity contribution in [1.82, 2.24) is 15.1 Å². The van der Waals surface area contributed by atoms with Gasteiger partial charge < -0.3 is 5.32 Å². The molecule has 1 amide bonds. The van der Waals surface area contributed by atoms with Crippen LogP contribution in [-0.2, 0) is 7.05 Å². The van der Waals surface area contributed by atoms with Crippen LogP contribution in [0.25, 0.3) is 0 Å². The minimum atomic E-state index is -0.115. The summed E-state index contributed by atoms with van der Waals surface area (Å²) in [6, 6.07) is 0. The smallest absolute Gasteiger partial charge is 0.254 e. The van der Waals surface area contributed by atoms with Gasteiger partial charge in [-0.1, -0.05) is 12.2 Å². The summed E-state index contributed by atoms with van der Waals surface area (Å²) in [5, 5.41) is 6.62. The molecule has 1 aromatic heterocycles. The molecule has 1 aromatic rings. The van der Waals surface area contributed by atoms with Gasteiger partial charge >= 0.3 is 0 Å². The van der Waals surface area contributed by atoms with E-state index in [0.29, 0.717) is 12.1 Å². The maximum atomic E-state index is 11.4. The fourth-order valence-electron chi connectivity index (χ4n) is 0.872. The number of aromatic nitrogens is 2. The molecule has 0 fully saturated rings. The van der Waals surface area contributed by atoms with Crippen molar-refractivity contribution >= 4 is 5.91 Å². The molecule has 4 nitrogen and oxygen atoms in total. The van der Waals surface area contributed by atoms with Crippen molar-refractivity contribution in [2.45, 2.75) is 6.92 Å². The molecule has 0 radical (unpaired) electrons. The minimum absolute atomic E-state index is 0.115. The van der Waals surface area contributed by atoms with E-state index >= 15 is 0 Å². The van der Waals surface area contributed by atoms with Gasteiger partial charge in [0.2, 0.25) is 0 Å². The molecule has 70 valence electrons. The number of hydrogen-bond donors (Lipinski definition) is 1. The second kappa shape index (κ2) is 3.89. The van der Waals surface area contributed by atoms with E-state index in [1.54, 1.807) is 17.9 Å². The summed E-state index contributed by atoms with van der Waals surface area (Å²) in [5.41, 5.74) is 1.50. The van der Waals surface area contributed by atoms with Crippen LogP contribution in [0, 0.1) is 0 Å². The predicted octanol–water partition coefficient (Wildman–Crippen LogP) is 0.726. The van der Waals surface area contributed by atoms with E-state index in [1.165, 1.54) is 6.20 Å². The normalized spacial score (nSPS) is 9.69. The Morgan fingerprint density at radius 3 is 2.92 bits per heavy atom. The Morgan fingerprint density at radius 1 is 1.77 bits per heavy atom. The molecule has 1 rings (SSSR count). The lowest BCUT2D eigenvalue weighted by Gasteiger charge is -2.01. The van der Waals surface area contributed by atoms with Crippen LogP contribution in [0.3, 0.4) is 0 Å². The lowest BCUT2D eigenvalue weighted by molar-refractivity contribution is 0.0957. The molecule has 13 heavy (non-hydrogen) atoms. The average molecular weight is 179 g/mol. The molecule has 0 unspecified atom stereocenters. The topological polar surface area (TPSA) is 46.9 Å². The Hall–Kier alpha value is -1.58. The second-order valence-electron chi connectivity index (χ2n) is 3.04. The number of nitrogens with zero attached hydrogens (tertiary/aromatic N) is 2. The molecule has 0 aliphatic heterocycles. The van der Waals surface area contributed by atoms with Crippen LogP contribution in [-0.4, -0.2) is 22.2 Å². The largest absolute Gasteiger partial charge is 0.348 e. The number of nitrogens with one attached hydrogen (secondary N) is 1. The van der Waals surface area contributed by atoms with Gasteiger partial charge in [-0.2, -0.15) is 5.10 Å². The fourth-order valence-corrected chi connectivity index (χ4v) is 0.872. The van der Waals surface area contributed by atoms with E-state index in [9.17, 15) is 4.79 Å². The lowest BCUT2D eigenvalue weighted by Crippen LogP contribution is -2.24. The number of carbonyl (C=O) groups excluding carboxylic acids is 1. The molecular formula is C9H13N3O. The van der Waals surface area contributed by atoms with Crippen molar-refractivity contribution < 1.29 is 4.79 Å². The van der Waals surface area contributed by atoms with Crippen LogP contribution in [0.5, 0.6) is 0 Å². The third kappa shape index (κ3) is 2.74. The first-order valence-corrected chi connectivity index (χ1v) is 4.01. The van der Waals surface area contributed by atoms with Gasteiger partial charge in [-0.15, -0.1) is 0 Å². The molecule has 4 heteroatoms. The molecule has 0 aliphatic carbocycles. The summed E-state index contributed by atoms with van der Waals surface area (Å²) in [6.07, 6.45) is 3.21. The fraction of sp³-hybridized carbons (Fsp3) is 0.333. The van der Waals surface area contributed by atoms with Crippen molar-refractivity contribution in [3.05, 3.63) is 30.1 Å². The number of rotatable bonds is 3. The van der Waals surface area contributed by atoms with Gasteiger partial charge in [0, 0.05) is 19.8 Å². The van der Waals surface area contributed by atoms with Crippen LogP contribution < -0.4 is 5.32 Å². The van der Waals surface area contributed by atoms with Crippen molar-refractivity contribution in [3.63, 3.8) is 0 Å². The van der Waals surface area contributed by atoms with Gasteiger partial charge in [0.1, 0.15) is 0 Å². The molecule has 0 aromatic carbocycles. The molecule has 0 spiro atoms. The summed E-state index contributed by atoms with van der Waals surface area (Å²) in [5.74, 6) is -0.115. The van der Waals surface area contributed by atoms with E-state index in [4.69, 9.17) is 0 Å². The van der Waals surface area contributed by atoms with Crippen LogP contribution in [0.15, 0.2) is 24.5 Å². The first-order chi connectivity index (χ1) is 6.09. The Balaban J connectivity index is 2.54. The Kier molecular flexibility index (Phi) is 2.84. The molecule has 0 bridgehead atoms. The highest BCUT2D eigenvalue weighted by Gasteiger charge is 2.05. The molecule has 0 atom stereocenters. The monoisotopic (exact) mass is 179 g/mol. The maximum absolute atomic E-state index is 11.4. The Morgan fingerprint density at radius 2 is 2.46 bits per heavy atom. The standard InChI is InChI=1S/C9H13N3O/c1-7(2)4-10-9(13)8-5-11-12(3)6-8/h5-6H,1,4H2,2-3H3,(H,10,13).